The maximum absolute atomic E-state index is 13.2. The molecule has 0 aromatic heterocycles. The highest BCUT2D eigenvalue weighted by Gasteiger charge is 2.23. The van der Waals surface area contributed by atoms with Crippen LogP contribution in [-0.2, 0) is 9.47 Å². The molecule has 31 heavy (non-hydrogen) atoms. The summed E-state index contributed by atoms with van der Waals surface area (Å²) in [6.45, 7) is 6.84. The number of hydrogen-bond donors (Lipinski definition) is 1. The number of benzene rings is 1. The van der Waals surface area contributed by atoms with Crippen LogP contribution < -0.4 is 10.1 Å². The molecule has 1 aromatic carbocycles. The van der Waals surface area contributed by atoms with Gasteiger partial charge in [-0.2, -0.15) is 0 Å². The summed E-state index contributed by atoms with van der Waals surface area (Å²) in [7, 11) is 0. The molecule has 1 unspecified atom stereocenters. The first-order valence-corrected chi connectivity index (χ1v) is 11.0. The van der Waals surface area contributed by atoms with E-state index in [1.54, 1.807) is 0 Å². The number of nitrogens with zero attached hydrogens (tertiary/aromatic N) is 2. The minimum absolute atomic E-state index is 0. The largest absolute Gasteiger partial charge is 0.492 e. The summed E-state index contributed by atoms with van der Waals surface area (Å²) in [5.41, 5.74) is 0. The highest BCUT2D eigenvalue weighted by Crippen LogP contribution is 2.18. The van der Waals surface area contributed by atoms with Gasteiger partial charge in [-0.15, -0.1) is 24.0 Å². The third-order valence-corrected chi connectivity index (χ3v) is 5.38. The zero-order chi connectivity index (χ0) is 21.2. The molecule has 6 nitrogen and oxygen atoms in total. The minimum atomic E-state index is -0.913. The molecule has 0 saturated carbocycles. The van der Waals surface area contributed by atoms with Gasteiger partial charge in [-0.1, -0.05) is 0 Å². The Bertz CT molecular complexity index is 682. The predicted octanol–water partition coefficient (Wildman–Crippen LogP) is 3.98. The van der Waals surface area contributed by atoms with Crippen LogP contribution in [0.2, 0.25) is 0 Å². The minimum Gasteiger partial charge on any atom is -0.492 e. The Morgan fingerprint density at radius 3 is 2.68 bits per heavy atom. The molecule has 2 aliphatic rings. The quantitative estimate of drug-likeness (QED) is 0.229. The van der Waals surface area contributed by atoms with E-state index in [0.717, 1.165) is 70.0 Å². The zero-order valence-corrected chi connectivity index (χ0v) is 20.5. The van der Waals surface area contributed by atoms with Gasteiger partial charge < -0.3 is 24.4 Å². The molecule has 0 aliphatic carbocycles. The molecule has 0 spiro atoms. The average molecular weight is 553 g/mol. The number of rotatable bonds is 8. The lowest BCUT2D eigenvalue weighted by atomic mass is 10.1. The number of aliphatic imine (C=N–C) groups is 1. The lowest BCUT2D eigenvalue weighted by Crippen LogP contribution is -2.47. The molecule has 0 bridgehead atoms. The second-order valence-corrected chi connectivity index (χ2v) is 7.67. The first-order valence-electron chi connectivity index (χ1n) is 11.0. The number of halogens is 3. The van der Waals surface area contributed by atoms with Crippen LogP contribution in [0.5, 0.6) is 5.75 Å². The molecule has 1 aromatic rings. The molecular formula is C22H34F2IN3O3. The van der Waals surface area contributed by atoms with Gasteiger partial charge in [0, 0.05) is 32.3 Å². The maximum atomic E-state index is 13.2. The number of ether oxygens (including phenoxy) is 3. The number of hydrogen-bond acceptors (Lipinski definition) is 4. The lowest BCUT2D eigenvalue weighted by molar-refractivity contribution is -0.0721. The fraction of sp³-hybridized carbons (Fsp3) is 0.682. The average Bonchev–Trinajstić information content (AvgIpc) is 2.78. The molecular weight excluding hydrogens is 519 g/mol. The van der Waals surface area contributed by atoms with Crippen LogP contribution in [-0.4, -0.2) is 69.1 Å². The normalized spacial score (nSPS) is 20.3. The molecule has 3 rings (SSSR count). The van der Waals surface area contributed by atoms with Crippen LogP contribution in [0.1, 0.15) is 39.0 Å². The fourth-order valence-corrected chi connectivity index (χ4v) is 3.72. The van der Waals surface area contributed by atoms with Crippen LogP contribution in [0.25, 0.3) is 0 Å². The summed E-state index contributed by atoms with van der Waals surface area (Å²) in [6, 6.07) is 3.52. The highest BCUT2D eigenvalue weighted by molar-refractivity contribution is 14.0. The zero-order valence-electron chi connectivity index (χ0n) is 18.2. The summed E-state index contributed by atoms with van der Waals surface area (Å²) in [5.74, 6) is -0.646. The van der Waals surface area contributed by atoms with Gasteiger partial charge >= 0.3 is 0 Å². The molecule has 2 heterocycles. The van der Waals surface area contributed by atoms with E-state index in [1.165, 1.54) is 12.5 Å². The van der Waals surface area contributed by atoms with Crippen LogP contribution in [0.3, 0.4) is 0 Å². The predicted molar refractivity (Wildman–Crippen MR) is 127 cm³/mol. The molecule has 9 heteroatoms. The van der Waals surface area contributed by atoms with Gasteiger partial charge in [-0.25, -0.2) is 13.8 Å². The van der Waals surface area contributed by atoms with Crippen molar-refractivity contribution >= 4 is 29.9 Å². The molecule has 1 atom stereocenters. The summed E-state index contributed by atoms with van der Waals surface area (Å²) in [4.78, 5) is 6.85. The molecule has 176 valence electrons. The van der Waals surface area contributed by atoms with Crippen LogP contribution >= 0.6 is 24.0 Å². The van der Waals surface area contributed by atoms with Gasteiger partial charge in [0.15, 0.2) is 17.6 Å². The summed E-state index contributed by atoms with van der Waals surface area (Å²) >= 11 is 0. The summed E-state index contributed by atoms with van der Waals surface area (Å²) < 4.78 is 43.5. The standard InChI is InChI=1S/C22H33F2N3O3.HI/c1-2-25-22(26-10-14-29-18-6-7-20(23)21(24)15-18)27-11-8-17(9-12-27)30-16-19-5-3-4-13-28-19;/h6-7,15,17,19H,2-5,8-14,16H2,1H3,(H,25,26);1H. The summed E-state index contributed by atoms with van der Waals surface area (Å²) in [6.07, 6.45) is 5.94. The van der Waals surface area contributed by atoms with Gasteiger partial charge in [0.25, 0.3) is 0 Å². The summed E-state index contributed by atoms with van der Waals surface area (Å²) in [5, 5.41) is 3.32. The Labute approximate surface area is 200 Å². The molecule has 0 amide bonds. The Hall–Kier alpha value is -1.20. The van der Waals surface area contributed by atoms with E-state index in [1.807, 2.05) is 6.92 Å². The van der Waals surface area contributed by atoms with Gasteiger partial charge in [0.1, 0.15) is 12.4 Å². The number of nitrogens with one attached hydrogen (secondary N) is 1. The smallest absolute Gasteiger partial charge is 0.194 e. The first-order chi connectivity index (χ1) is 14.7. The Morgan fingerprint density at radius 2 is 2.00 bits per heavy atom. The Morgan fingerprint density at radius 1 is 1.19 bits per heavy atom. The Kier molecular flexibility index (Phi) is 11.8. The number of guanidine groups is 1. The molecule has 2 aliphatic heterocycles. The fourth-order valence-electron chi connectivity index (χ4n) is 3.72. The SMILES string of the molecule is CCNC(=NCCOc1ccc(F)c(F)c1)N1CCC(OCC2CCCCO2)CC1.I. The second kappa shape index (κ2) is 14.1. The van der Waals surface area contributed by atoms with Gasteiger partial charge in [-0.3, -0.25) is 0 Å². The van der Waals surface area contributed by atoms with E-state index in [-0.39, 0.29) is 36.2 Å². The van der Waals surface area contributed by atoms with Gasteiger partial charge in [0.2, 0.25) is 0 Å². The van der Waals surface area contributed by atoms with E-state index in [2.05, 4.69) is 15.2 Å². The van der Waals surface area contributed by atoms with Crippen LogP contribution in [0, 0.1) is 11.6 Å². The topological polar surface area (TPSA) is 55.3 Å². The second-order valence-electron chi connectivity index (χ2n) is 7.67. The number of piperidine rings is 1. The van der Waals surface area contributed by atoms with Crippen molar-refractivity contribution in [2.45, 2.75) is 51.2 Å². The monoisotopic (exact) mass is 553 g/mol. The van der Waals surface area contributed by atoms with E-state index >= 15 is 0 Å². The van der Waals surface area contributed by atoms with Crippen LogP contribution in [0.4, 0.5) is 8.78 Å². The van der Waals surface area contributed by atoms with Crippen molar-refractivity contribution in [3.8, 4) is 5.75 Å². The van der Waals surface area contributed by atoms with Crippen molar-refractivity contribution in [1.82, 2.24) is 10.2 Å². The van der Waals surface area contributed by atoms with E-state index in [9.17, 15) is 8.78 Å². The lowest BCUT2D eigenvalue weighted by Gasteiger charge is -2.35. The third kappa shape index (κ3) is 8.69. The van der Waals surface area contributed by atoms with Gasteiger partial charge in [0.05, 0.1) is 25.4 Å². The molecule has 2 saturated heterocycles. The third-order valence-electron chi connectivity index (χ3n) is 5.38. The van der Waals surface area contributed by atoms with E-state index in [4.69, 9.17) is 14.2 Å². The van der Waals surface area contributed by atoms with Gasteiger partial charge in [-0.05, 0) is 51.2 Å². The van der Waals surface area contributed by atoms with Crippen molar-refractivity contribution < 1.29 is 23.0 Å². The molecule has 2 fully saturated rings. The van der Waals surface area contributed by atoms with Crippen molar-refractivity contribution in [2.24, 2.45) is 4.99 Å². The Balaban J connectivity index is 0.00000341. The van der Waals surface area contributed by atoms with E-state index < -0.39 is 11.6 Å². The maximum Gasteiger partial charge on any atom is 0.194 e. The first kappa shape index (κ1) is 26.1. The van der Waals surface area contributed by atoms with Crippen LogP contribution in [0.15, 0.2) is 23.2 Å². The molecule has 0 radical (unpaired) electrons. The van der Waals surface area contributed by atoms with Crippen molar-refractivity contribution in [2.75, 3.05) is 46.0 Å². The number of likely N-dealkylation sites (tertiary alicyclic amines) is 1. The van der Waals surface area contributed by atoms with Crippen molar-refractivity contribution in [1.29, 1.82) is 0 Å². The van der Waals surface area contributed by atoms with Crippen molar-refractivity contribution in [3.05, 3.63) is 29.8 Å². The highest BCUT2D eigenvalue weighted by atomic mass is 127. The van der Waals surface area contributed by atoms with E-state index in [0.29, 0.717) is 25.5 Å². The van der Waals surface area contributed by atoms with Crippen molar-refractivity contribution in [3.63, 3.8) is 0 Å². The molecule has 1 N–H and O–H groups in total.